The Morgan fingerprint density at radius 2 is 1.97 bits per heavy atom. The van der Waals surface area contributed by atoms with Crippen molar-refractivity contribution in [3.8, 4) is 0 Å². The molecule has 1 amide bonds. The summed E-state index contributed by atoms with van der Waals surface area (Å²) < 4.78 is 5.50. The number of nitrogens with two attached hydrogens (primary N) is 1. The van der Waals surface area contributed by atoms with E-state index in [2.05, 4.69) is 10.3 Å². The topological polar surface area (TPSA) is 137 Å². The van der Waals surface area contributed by atoms with Crippen molar-refractivity contribution in [2.24, 2.45) is 5.73 Å². The summed E-state index contributed by atoms with van der Waals surface area (Å²) in [6.45, 7) is 0. The number of carbonyl (C=O) groups excluding carboxylic acids is 2. The van der Waals surface area contributed by atoms with Crippen molar-refractivity contribution in [2.75, 3.05) is 5.32 Å². The van der Waals surface area contributed by atoms with Crippen LogP contribution in [0.3, 0.4) is 0 Å². The average molecular weight is 440 g/mol. The van der Waals surface area contributed by atoms with Gasteiger partial charge < -0.3 is 15.8 Å². The molecule has 31 heavy (non-hydrogen) atoms. The van der Waals surface area contributed by atoms with Crippen LogP contribution in [-0.4, -0.2) is 33.4 Å². The predicted octanol–water partition coefficient (Wildman–Crippen LogP) is 3.64. The van der Waals surface area contributed by atoms with E-state index in [4.69, 9.17) is 10.5 Å². The Kier molecular flexibility index (Phi) is 5.55. The number of benzene rings is 1. The molecular formula is C21H20N4O5S. The molecule has 2 heterocycles. The smallest absolute Gasteiger partial charge is 0.340 e. The van der Waals surface area contributed by atoms with Crippen molar-refractivity contribution < 1.29 is 19.2 Å². The molecule has 1 fully saturated rings. The van der Waals surface area contributed by atoms with Gasteiger partial charge in [0.05, 0.1) is 16.0 Å². The van der Waals surface area contributed by atoms with Crippen LogP contribution < -0.4 is 11.1 Å². The van der Waals surface area contributed by atoms with Crippen LogP contribution in [0.15, 0.2) is 47.8 Å². The number of esters is 1. The molecule has 9 nitrogen and oxygen atoms in total. The van der Waals surface area contributed by atoms with Gasteiger partial charge in [-0.25, -0.2) is 9.78 Å². The number of pyridine rings is 1. The van der Waals surface area contributed by atoms with Crippen LogP contribution in [0.5, 0.6) is 0 Å². The summed E-state index contributed by atoms with van der Waals surface area (Å²) in [4.78, 5) is 39.5. The van der Waals surface area contributed by atoms with Gasteiger partial charge in [0, 0.05) is 22.9 Å². The number of primary amides is 1. The van der Waals surface area contributed by atoms with Crippen molar-refractivity contribution >= 4 is 44.9 Å². The number of anilines is 1. The molecule has 3 aromatic rings. The van der Waals surface area contributed by atoms with Crippen LogP contribution >= 0.6 is 11.3 Å². The summed E-state index contributed by atoms with van der Waals surface area (Å²) in [6, 6.07) is 12.9. The fourth-order valence-electron chi connectivity index (χ4n) is 3.75. The number of thiophene rings is 1. The number of aromatic nitrogens is 1. The Bertz CT molecular complexity index is 1150. The quantitative estimate of drug-likeness (QED) is 0.339. The van der Waals surface area contributed by atoms with E-state index in [1.165, 1.54) is 5.38 Å². The molecule has 160 valence electrons. The van der Waals surface area contributed by atoms with E-state index in [1.807, 2.05) is 36.4 Å². The molecule has 0 bridgehead atoms. The second-order valence-corrected chi connectivity index (χ2v) is 8.38. The Morgan fingerprint density at radius 1 is 1.23 bits per heavy atom. The third-order valence-electron chi connectivity index (χ3n) is 5.48. The SMILES string of the molecule is NC(=O)C1(OC(=O)c2csc([N+](=O)[O-])c2)CCC(Nc2ccc3ccccc3n2)CC1. The van der Waals surface area contributed by atoms with E-state index < -0.39 is 22.4 Å². The number of hydrogen-bond donors (Lipinski definition) is 2. The first-order valence-electron chi connectivity index (χ1n) is 9.75. The molecule has 2 aromatic heterocycles. The van der Waals surface area contributed by atoms with Crippen LogP contribution in [0.4, 0.5) is 10.8 Å². The van der Waals surface area contributed by atoms with Crippen LogP contribution in [-0.2, 0) is 9.53 Å². The fraction of sp³-hybridized carbons (Fsp3) is 0.286. The highest BCUT2D eigenvalue weighted by molar-refractivity contribution is 7.13. The lowest BCUT2D eigenvalue weighted by Gasteiger charge is -2.37. The molecule has 1 aliphatic rings. The maximum absolute atomic E-state index is 12.5. The highest BCUT2D eigenvalue weighted by Crippen LogP contribution is 2.35. The molecule has 1 aromatic carbocycles. The van der Waals surface area contributed by atoms with Crippen LogP contribution in [0.25, 0.3) is 10.9 Å². The van der Waals surface area contributed by atoms with Crippen molar-refractivity contribution in [1.29, 1.82) is 0 Å². The Hall–Kier alpha value is -3.53. The molecule has 0 spiro atoms. The Morgan fingerprint density at radius 3 is 2.65 bits per heavy atom. The molecule has 0 aliphatic heterocycles. The van der Waals surface area contributed by atoms with E-state index in [0.717, 1.165) is 34.1 Å². The second-order valence-electron chi connectivity index (χ2n) is 7.49. The van der Waals surface area contributed by atoms with E-state index in [-0.39, 0.29) is 29.4 Å². The van der Waals surface area contributed by atoms with Gasteiger partial charge in [0.2, 0.25) is 0 Å². The number of fused-ring (bicyclic) bond motifs is 1. The summed E-state index contributed by atoms with van der Waals surface area (Å²) >= 11 is 0.825. The predicted molar refractivity (Wildman–Crippen MR) is 116 cm³/mol. The molecule has 0 radical (unpaired) electrons. The van der Waals surface area contributed by atoms with E-state index in [1.54, 1.807) is 0 Å². The first kappa shape index (κ1) is 20.7. The number of amides is 1. The maximum Gasteiger partial charge on any atom is 0.340 e. The minimum Gasteiger partial charge on any atom is -0.445 e. The highest BCUT2D eigenvalue weighted by Gasteiger charge is 2.44. The van der Waals surface area contributed by atoms with Gasteiger partial charge in [-0.3, -0.25) is 14.9 Å². The van der Waals surface area contributed by atoms with Crippen molar-refractivity contribution in [3.63, 3.8) is 0 Å². The van der Waals surface area contributed by atoms with E-state index >= 15 is 0 Å². The number of carbonyl (C=O) groups is 2. The largest absolute Gasteiger partial charge is 0.445 e. The van der Waals surface area contributed by atoms with Crippen LogP contribution in [0.1, 0.15) is 36.0 Å². The minimum absolute atomic E-state index is 0.0398. The molecule has 10 heteroatoms. The van der Waals surface area contributed by atoms with Crippen LogP contribution in [0, 0.1) is 10.1 Å². The number of rotatable bonds is 6. The summed E-state index contributed by atoms with van der Waals surface area (Å²) in [6.07, 6.45) is 1.61. The van der Waals surface area contributed by atoms with Gasteiger partial charge >= 0.3 is 11.0 Å². The zero-order valence-corrected chi connectivity index (χ0v) is 17.3. The molecule has 0 saturated heterocycles. The van der Waals surface area contributed by atoms with E-state index in [9.17, 15) is 19.7 Å². The number of para-hydroxylation sites is 1. The summed E-state index contributed by atoms with van der Waals surface area (Å²) in [7, 11) is 0. The Labute approximate surface area is 181 Å². The van der Waals surface area contributed by atoms with Crippen LogP contribution in [0.2, 0.25) is 0 Å². The lowest BCUT2D eigenvalue weighted by atomic mass is 9.81. The van der Waals surface area contributed by atoms with Crippen molar-refractivity contribution in [2.45, 2.75) is 37.3 Å². The number of nitrogens with zero attached hydrogens (tertiary/aromatic N) is 2. The van der Waals surface area contributed by atoms with Gasteiger partial charge in [-0.15, -0.1) is 0 Å². The molecular weight excluding hydrogens is 420 g/mol. The monoisotopic (exact) mass is 440 g/mol. The third-order valence-corrected chi connectivity index (χ3v) is 6.36. The summed E-state index contributed by atoms with van der Waals surface area (Å²) in [5.41, 5.74) is 5.08. The first-order chi connectivity index (χ1) is 14.9. The number of ether oxygens (including phenoxy) is 1. The molecule has 0 unspecified atom stereocenters. The number of hydrogen-bond acceptors (Lipinski definition) is 8. The second kappa shape index (κ2) is 8.31. The number of nitro groups is 1. The summed E-state index contributed by atoms with van der Waals surface area (Å²) in [5, 5.41) is 16.4. The van der Waals surface area contributed by atoms with Crippen molar-refractivity contribution in [1.82, 2.24) is 4.98 Å². The number of nitrogens with one attached hydrogen (secondary N) is 1. The fourth-order valence-corrected chi connectivity index (χ4v) is 4.44. The molecule has 1 aliphatic carbocycles. The molecule has 0 atom stereocenters. The van der Waals surface area contributed by atoms with E-state index in [0.29, 0.717) is 12.8 Å². The average Bonchev–Trinajstić information content (AvgIpc) is 3.26. The van der Waals surface area contributed by atoms with Gasteiger partial charge in [-0.05, 0) is 43.9 Å². The zero-order valence-electron chi connectivity index (χ0n) is 16.4. The molecule has 4 rings (SSSR count). The van der Waals surface area contributed by atoms with Gasteiger partial charge in [0.15, 0.2) is 5.60 Å². The Balaban J connectivity index is 1.42. The van der Waals surface area contributed by atoms with Gasteiger partial charge in [0.1, 0.15) is 5.82 Å². The standard InChI is InChI=1S/C21H20N4O5S/c22-20(27)21(30-19(26)14-11-18(25(28)29)31-12-14)9-7-15(8-10-21)23-17-6-5-13-3-1-2-4-16(13)24-17/h1-6,11-12,15H,7-10H2,(H2,22,27)(H,23,24). The third kappa shape index (κ3) is 4.33. The normalized spacial score (nSPS) is 20.8. The van der Waals surface area contributed by atoms with Gasteiger partial charge in [0.25, 0.3) is 5.91 Å². The highest BCUT2D eigenvalue weighted by atomic mass is 32.1. The van der Waals surface area contributed by atoms with Gasteiger partial charge in [-0.2, -0.15) is 0 Å². The lowest BCUT2D eigenvalue weighted by Crippen LogP contribution is -2.51. The first-order valence-corrected chi connectivity index (χ1v) is 10.6. The van der Waals surface area contributed by atoms with Crippen molar-refractivity contribution in [3.05, 3.63) is 63.5 Å². The minimum atomic E-state index is -1.43. The summed E-state index contributed by atoms with van der Waals surface area (Å²) in [5.74, 6) is -0.767. The van der Waals surface area contributed by atoms with Gasteiger partial charge in [-0.1, -0.05) is 29.5 Å². The molecule has 1 saturated carbocycles. The molecule has 3 N–H and O–H groups in total. The maximum atomic E-state index is 12.5. The lowest BCUT2D eigenvalue weighted by molar-refractivity contribution is -0.380. The zero-order chi connectivity index (χ0) is 22.0.